The molecule has 20 heavy (non-hydrogen) atoms. The van der Waals surface area contributed by atoms with Crippen molar-refractivity contribution < 1.29 is 9.47 Å². The van der Waals surface area contributed by atoms with E-state index in [9.17, 15) is 0 Å². The molecule has 1 N–H and O–H groups in total. The van der Waals surface area contributed by atoms with E-state index in [1.807, 2.05) is 25.2 Å². The Morgan fingerprint density at radius 3 is 2.65 bits per heavy atom. The monoisotopic (exact) mass is 277 g/mol. The quantitative estimate of drug-likeness (QED) is 0.839. The smallest absolute Gasteiger partial charge is 0.176 e. The Labute approximate surface area is 117 Å². The number of nitrogens with one attached hydrogen (secondary N) is 1. The first-order valence-corrected chi connectivity index (χ1v) is 6.30. The molecule has 0 radical (unpaired) electrons. The molecule has 0 aliphatic rings. The number of hydrogen-bond donors (Lipinski definition) is 1. The van der Waals surface area contributed by atoms with E-state index >= 15 is 0 Å². The number of methoxy groups -OCH3 is 2. The Kier molecular flexibility index (Phi) is 4.52. The molecule has 7 nitrogen and oxygen atoms in total. The van der Waals surface area contributed by atoms with Crippen LogP contribution in [0, 0.1) is 0 Å². The third-order valence-corrected chi connectivity index (χ3v) is 3.10. The third-order valence-electron chi connectivity index (χ3n) is 3.10. The van der Waals surface area contributed by atoms with Gasteiger partial charge in [-0.1, -0.05) is 6.07 Å². The van der Waals surface area contributed by atoms with Gasteiger partial charge in [0, 0.05) is 24.1 Å². The minimum absolute atomic E-state index is 0.0417. The summed E-state index contributed by atoms with van der Waals surface area (Å²) < 4.78 is 10.6. The molecule has 1 aromatic heterocycles. The van der Waals surface area contributed by atoms with E-state index in [0.717, 1.165) is 17.1 Å². The summed E-state index contributed by atoms with van der Waals surface area (Å²) >= 11 is 0. The number of ether oxygens (including phenoxy) is 2. The molecule has 1 unspecified atom stereocenters. The first-order chi connectivity index (χ1) is 9.67. The maximum Gasteiger partial charge on any atom is 0.176 e. The maximum absolute atomic E-state index is 5.43. The lowest BCUT2D eigenvalue weighted by Crippen LogP contribution is -2.20. The maximum atomic E-state index is 5.43. The van der Waals surface area contributed by atoms with Crippen molar-refractivity contribution in [1.82, 2.24) is 25.5 Å². The van der Waals surface area contributed by atoms with Gasteiger partial charge >= 0.3 is 0 Å². The number of rotatable bonds is 6. The Hall–Kier alpha value is -2.15. The van der Waals surface area contributed by atoms with Crippen molar-refractivity contribution in [2.75, 3.05) is 21.3 Å². The molecule has 0 amide bonds. The average Bonchev–Trinajstić information content (AvgIpc) is 2.89. The highest BCUT2D eigenvalue weighted by molar-refractivity contribution is 5.42. The van der Waals surface area contributed by atoms with E-state index < -0.39 is 0 Å². The van der Waals surface area contributed by atoms with Crippen LogP contribution in [0.15, 0.2) is 18.2 Å². The number of benzene rings is 1. The molecule has 0 fully saturated rings. The van der Waals surface area contributed by atoms with Crippen molar-refractivity contribution in [2.24, 2.45) is 7.05 Å². The molecule has 2 aromatic rings. The van der Waals surface area contributed by atoms with Crippen molar-refractivity contribution in [2.45, 2.75) is 12.5 Å². The Bertz CT molecular complexity index is 570. The fourth-order valence-electron chi connectivity index (χ4n) is 2.06. The zero-order valence-corrected chi connectivity index (χ0v) is 12.1. The zero-order valence-electron chi connectivity index (χ0n) is 12.1. The highest BCUT2D eigenvalue weighted by Crippen LogP contribution is 2.30. The third kappa shape index (κ3) is 3.05. The fraction of sp³-hybridized carbons (Fsp3) is 0.462. The van der Waals surface area contributed by atoms with Crippen LogP contribution >= 0.6 is 0 Å². The van der Waals surface area contributed by atoms with Crippen LogP contribution in [0.2, 0.25) is 0 Å². The minimum atomic E-state index is 0.0417. The molecule has 0 aliphatic carbocycles. The summed E-state index contributed by atoms with van der Waals surface area (Å²) in [4.78, 5) is 1.45. The molecular formula is C13H19N5O2. The van der Waals surface area contributed by atoms with Gasteiger partial charge in [0.2, 0.25) is 0 Å². The molecule has 7 heteroatoms. The number of aromatic nitrogens is 4. The number of tetrazole rings is 1. The predicted octanol–water partition coefficient (Wildman–Crippen LogP) is 0.730. The average molecular weight is 277 g/mol. The molecule has 0 bridgehead atoms. The van der Waals surface area contributed by atoms with Gasteiger partial charge in [0.1, 0.15) is 11.5 Å². The van der Waals surface area contributed by atoms with Crippen LogP contribution < -0.4 is 14.8 Å². The zero-order chi connectivity index (χ0) is 14.5. The lowest BCUT2D eigenvalue weighted by molar-refractivity contribution is 0.385. The first kappa shape index (κ1) is 14.3. The van der Waals surface area contributed by atoms with Gasteiger partial charge in [-0.15, -0.1) is 10.2 Å². The van der Waals surface area contributed by atoms with Crippen LogP contribution in [-0.2, 0) is 13.5 Å². The first-order valence-electron chi connectivity index (χ1n) is 6.30. The highest BCUT2D eigenvalue weighted by atomic mass is 16.5. The van der Waals surface area contributed by atoms with Gasteiger partial charge in [-0.3, -0.25) is 0 Å². The molecular weight excluding hydrogens is 258 g/mol. The van der Waals surface area contributed by atoms with Gasteiger partial charge in [-0.05, 0) is 18.3 Å². The van der Waals surface area contributed by atoms with Crippen LogP contribution in [0.4, 0.5) is 0 Å². The van der Waals surface area contributed by atoms with Crippen molar-refractivity contribution >= 4 is 0 Å². The molecule has 0 saturated carbocycles. The summed E-state index contributed by atoms with van der Waals surface area (Å²) in [5, 5.41) is 15.3. The summed E-state index contributed by atoms with van der Waals surface area (Å²) in [7, 11) is 6.92. The van der Waals surface area contributed by atoms with Crippen LogP contribution in [0.25, 0.3) is 0 Å². The van der Waals surface area contributed by atoms with E-state index in [1.165, 1.54) is 4.80 Å². The summed E-state index contributed by atoms with van der Waals surface area (Å²) in [5.74, 6) is 2.22. The van der Waals surface area contributed by atoms with Gasteiger partial charge in [0.15, 0.2) is 5.82 Å². The largest absolute Gasteiger partial charge is 0.497 e. The van der Waals surface area contributed by atoms with Crippen molar-refractivity contribution in [3.05, 3.63) is 29.6 Å². The van der Waals surface area contributed by atoms with E-state index in [1.54, 1.807) is 21.3 Å². The lowest BCUT2D eigenvalue weighted by atomic mass is 10.0. The lowest BCUT2D eigenvalue weighted by Gasteiger charge is -2.18. The van der Waals surface area contributed by atoms with Gasteiger partial charge in [-0.2, -0.15) is 4.80 Å². The summed E-state index contributed by atoms with van der Waals surface area (Å²) in [6, 6.07) is 5.80. The molecule has 0 saturated heterocycles. The van der Waals surface area contributed by atoms with E-state index in [0.29, 0.717) is 12.2 Å². The second kappa shape index (κ2) is 6.33. The van der Waals surface area contributed by atoms with E-state index in [4.69, 9.17) is 9.47 Å². The standard InChI is InChI=1S/C13H19N5O2/c1-14-11(8-13-15-17-18(2)16-13)10-6-5-9(19-3)7-12(10)20-4/h5-7,11,14H,8H2,1-4H3. The van der Waals surface area contributed by atoms with Gasteiger partial charge in [0.25, 0.3) is 0 Å². The van der Waals surface area contributed by atoms with Gasteiger partial charge < -0.3 is 14.8 Å². The minimum Gasteiger partial charge on any atom is -0.497 e. The van der Waals surface area contributed by atoms with Crippen molar-refractivity contribution in [3.8, 4) is 11.5 Å². The summed E-state index contributed by atoms with van der Waals surface area (Å²) in [6.07, 6.45) is 0.632. The Balaban J connectivity index is 2.26. The summed E-state index contributed by atoms with van der Waals surface area (Å²) in [6.45, 7) is 0. The number of nitrogens with zero attached hydrogens (tertiary/aromatic N) is 4. The Morgan fingerprint density at radius 2 is 2.10 bits per heavy atom. The SMILES string of the molecule is CNC(Cc1nnn(C)n1)c1ccc(OC)cc1OC. The van der Waals surface area contributed by atoms with Crippen LogP contribution in [-0.4, -0.2) is 41.5 Å². The molecule has 0 spiro atoms. The van der Waals surface area contributed by atoms with Crippen LogP contribution in [0.5, 0.6) is 11.5 Å². The number of likely N-dealkylation sites (N-methyl/N-ethyl adjacent to an activating group) is 1. The topological polar surface area (TPSA) is 74.1 Å². The van der Waals surface area contributed by atoms with Crippen LogP contribution in [0.3, 0.4) is 0 Å². The number of aryl methyl sites for hydroxylation is 1. The highest BCUT2D eigenvalue weighted by Gasteiger charge is 2.18. The Morgan fingerprint density at radius 1 is 1.30 bits per heavy atom. The fourth-order valence-corrected chi connectivity index (χ4v) is 2.06. The molecule has 1 atom stereocenters. The van der Waals surface area contributed by atoms with E-state index in [2.05, 4.69) is 20.7 Å². The molecule has 1 aromatic carbocycles. The van der Waals surface area contributed by atoms with Crippen molar-refractivity contribution in [1.29, 1.82) is 0 Å². The van der Waals surface area contributed by atoms with Crippen molar-refractivity contribution in [3.63, 3.8) is 0 Å². The molecule has 0 aliphatic heterocycles. The number of hydrogen-bond acceptors (Lipinski definition) is 6. The normalized spacial score (nSPS) is 12.2. The van der Waals surface area contributed by atoms with Gasteiger partial charge in [-0.25, -0.2) is 0 Å². The molecule has 2 rings (SSSR count). The second-order valence-corrected chi connectivity index (χ2v) is 4.35. The van der Waals surface area contributed by atoms with Crippen LogP contribution in [0.1, 0.15) is 17.4 Å². The molecule has 108 valence electrons. The van der Waals surface area contributed by atoms with Gasteiger partial charge in [0.05, 0.1) is 21.3 Å². The van der Waals surface area contributed by atoms with E-state index in [-0.39, 0.29) is 6.04 Å². The predicted molar refractivity (Wildman–Crippen MR) is 73.8 cm³/mol. The molecule has 1 heterocycles. The second-order valence-electron chi connectivity index (χ2n) is 4.35. The summed E-state index contributed by atoms with van der Waals surface area (Å²) in [5.41, 5.74) is 1.03.